The molecule has 3 rings (SSSR count). The van der Waals surface area contributed by atoms with Crippen molar-refractivity contribution in [3.8, 4) is 11.3 Å². The van der Waals surface area contributed by atoms with Crippen LogP contribution >= 0.6 is 0 Å². The molecule has 1 aromatic carbocycles. The Morgan fingerprint density at radius 3 is 2.54 bits per heavy atom. The van der Waals surface area contributed by atoms with Gasteiger partial charge in [0, 0.05) is 14.5 Å². The normalized spacial score (nSPS) is 18.2. The molecule has 2 aromatic rings. The summed E-state index contributed by atoms with van der Waals surface area (Å²) in [6, 6.07) is 10.4. The molecule has 1 saturated carbocycles. The van der Waals surface area contributed by atoms with Crippen LogP contribution < -0.4 is 5.19 Å². The highest BCUT2D eigenvalue weighted by Gasteiger charge is 2.23. The number of nitrogens with zero attached hydrogens (tertiary/aromatic N) is 1. The lowest BCUT2D eigenvalue weighted by Gasteiger charge is -2.26. The van der Waals surface area contributed by atoms with E-state index in [1.807, 2.05) is 12.3 Å². The minimum atomic E-state index is -1.69. The van der Waals surface area contributed by atoms with Crippen LogP contribution in [0.25, 0.3) is 11.3 Å². The van der Waals surface area contributed by atoms with Gasteiger partial charge in [-0.3, -0.25) is 4.98 Å². The second kappa shape index (κ2) is 7.22. The zero-order chi connectivity index (χ0) is 18.9. The molecule has 0 atom stereocenters. The Kier molecular flexibility index (Phi) is 4.48. The van der Waals surface area contributed by atoms with Crippen molar-refractivity contribution in [2.45, 2.75) is 65.0 Å². The average Bonchev–Trinajstić information content (AvgIpc) is 2.61. The predicted molar refractivity (Wildman–Crippen MR) is 108 cm³/mol. The lowest BCUT2D eigenvalue weighted by Crippen LogP contribution is -2.41. The molecule has 128 valence electrons. The van der Waals surface area contributed by atoms with Crippen LogP contribution in [0.15, 0.2) is 36.5 Å². The molecule has 0 N–H and O–H groups in total. The molecule has 1 aliphatic rings. The van der Waals surface area contributed by atoms with Gasteiger partial charge in [-0.1, -0.05) is 75.5 Å². The Bertz CT molecular complexity index is 774. The van der Waals surface area contributed by atoms with E-state index >= 15 is 0 Å². The SMILES string of the molecule is [2H]C([2H])(c1cc(-c2cccc(C)c2)ncc1[Si](C)(C)C)C1CCCCC1. The Hall–Kier alpha value is -1.41. The van der Waals surface area contributed by atoms with Crippen LogP contribution in [0.1, 0.15) is 46.0 Å². The summed E-state index contributed by atoms with van der Waals surface area (Å²) in [4.78, 5) is 4.74. The molecule has 0 radical (unpaired) electrons. The highest BCUT2D eigenvalue weighted by molar-refractivity contribution is 6.89. The second-order valence-electron chi connectivity index (χ2n) is 8.21. The summed E-state index contributed by atoms with van der Waals surface area (Å²) in [5, 5.41) is 1.17. The van der Waals surface area contributed by atoms with E-state index < -0.39 is 14.4 Å². The topological polar surface area (TPSA) is 12.9 Å². The molecular weight excluding hydrogens is 306 g/mol. The molecule has 1 fully saturated rings. The van der Waals surface area contributed by atoms with Crippen molar-refractivity contribution in [3.05, 3.63) is 47.7 Å². The minimum absolute atomic E-state index is 0.124. The van der Waals surface area contributed by atoms with Gasteiger partial charge in [-0.25, -0.2) is 0 Å². The maximum atomic E-state index is 9.05. The molecule has 0 saturated heterocycles. The van der Waals surface area contributed by atoms with Crippen molar-refractivity contribution in [2.24, 2.45) is 5.92 Å². The van der Waals surface area contributed by atoms with Gasteiger partial charge in [-0.15, -0.1) is 0 Å². The highest BCUT2D eigenvalue weighted by Crippen LogP contribution is 2.28. The summed E-state index contributed by atoms with van der Waals surface area (Å²) < 4.78 is 18.1. The standard InChI is InChI=1S/C22H31NSi/c1-17-9-8-12-19(13-17)21-15-20(14-18-10-6-5-7-11-18)22(16-23-21)24(2,3)4/h8-9,12-13,15-16,18H,5-7,10-11,14H2,1-4H3/i14D2. The number of hydrogen-bond donors (Lipinski definition) is 0. The molecule has 24 heavy (non-hydrogen) atoms. The van der Waals surface area contributed by atoms with Crippen molar-refractivity contribution in [2.75, 3.05) is 0 Å². The van der Waals surface area contributed by atoms with E-state index in [2.05, 4.69) is 50.8 Å². The fourth-order valence-electron chi connectivity index (χ4n) is 3.60. The van der Waals surface area contributed by atoms with Crippen LogP contribution in [0.2, 0.25) is 19.6 Å². The van der Waals surface area contributed by atoms with Crippen molar-refractivity contribution >= 4 is 13.3 Å². The summed E-state index contributed by atoms with van der Waals surface area (Å²) in [5.74, 6) is 0.124. The number of hydrogen-bond acceptors (Lipinski definition) is 1. The maximum Gasteiger partial charge on any atom is 0.0799 e. The van der Waals surface area contributed by atoms with Gasteiger partial charge < -0.3 is 0 Å². The molecule has 0 spiro atoms. The quantitative estimate of drug-likeness (QED) is 0.649. The Morgan fingerprint density at radius 2 is 1.88 bits per heavy atom. The fourth-order valence-corrected chi connectivity index (χ4v) is 5.01. The first-order valence-electron chi connectivity index (χ1n) is 10.3. The second-order valence-corrected chi connectivity index (χ2v) is 13.3. The van der Waals surface area contributed by atoms with Crippen molar-refractivity contribution in [1.29, 1.82) is 0 Å². The Balaban J connectivity index is 2.12. The lowest BCUT2D eigenvalue weighted by molar-refractivity contribution is 0.357. The number of aryl methyl sites for hydroxylation is 1. The van der Waals surface area contributed by atoms with Crippen LogP contribution in [-0.4, -0.2) is 13.1 Å². The summed E-state index contributed by atoms with van der Waals surface area (Å²) in [6.45, 7) is 8.95. The van der Waals surface area contributed by atoms with Gasteiger partial charge >= 0.3 is 0 Å². The molecule has 0 unspecified atom stereocenters. The number of pyridine rings is 1. The highest BCUT2D eigenvalue weighted by atomic mass is 28.3. The monoisotopic (exact) mass is 339 g/mol. The van der Waals surface area contributed by atoms with Gasteiger partial charge in [0.2, 0.25) is 0 Å². The van der Waals surface area contributed by atoms with E-state index in [0.717, 1.165) is 42.5 Å². The van der Waals surface area contributed by atoms with Gasteiger partial charge in [0.25, 0.3) is 0 Å². The van der Waals surface area contributed by atoms with Gasteiger partial charge in [-0.2, -0.15) is 0 Å². The maximum absolute atomic E-state index is 9.05. The van der Waals surface area contributed by atoms with Crippen molar-refractivity contribution < 1.29 is 2.74 Å². The zero-order valence-electron chi connectivity index (χ0n) is 17.5. The fraction of sp³-hybridized carbons (Fsp3) is 0.500. The summed E-state index contributed by atoms with van der Waals surface area (Å²) >= 11 is 0. The minimum Gasteiger partial charge on any atom is -0.256 e. The van der Waals surface area contributed by atoms with Crippen LogP contribution in [0, 0.1) is 12.8 Å². The van der Waals surface area contributed by atoms with Gasteiger partial charge in [0.15, 0.2) is 0 Å². The van der Waals surface area contributed by atoms with E-state index in [9.17, 15) is 0 Å². The first kappa shape index (κ1) is 14.9. The molecule has 1 aromatic heterocycles. The lowest BCUT2D eigenvalue weighted by atomic mass is 9.85. The Morgan fingerprint density at radius 1 is 1.12 bits per heavy atom. The molecule has 0 bridgehead atoms. The molecule has 1 heterocycles. The van der Waals surface area contributed by atoms with Crippen LogP contribution in [0.4, 0.5) is 0 Å². The number of aromatic nitrogens is 1. The summed E-state index contributed by atoms with van der Waals surface area (Å²) in [6.07, 6.45) is 6.25. The van der Waals surface area contributed by atoms with Gasteiger partial charge in [-0.05, 0) is 42.1 Å². The number of benzene rings is 1. The van der Waals surface area contributed by atoms with E-state index in [1.165, 1.54) is 17.2 Å². The molecular formula is C22H31NSi. The largest absolute Gasteiger partial charge is 0.256 e. The summed E-state index contributed by atoms with van der Waals surface area (Å²) in [5.41, 5.74) is 4.07. The molecule has 0 aliphatic heterocycles. The van der Waals surface area contributed by atoms with Crippen molar-refractivity contribution in [3.63, 3.8) is 0 Å². The van der Waals surface area contributed by atoms with Crippen LogP contribution in [0.3, 0.4) is 0 Å². The van der Waals surface area contributed by atoms with Gasteiger partial charge in [0.1, 0.15) is 0 Å². The predicted octanol–water partition coefficient (Wildman–Crippen LogP) is 5.73. The van der Waals surface area contributed by atoms with E-state index in [4.69, 9.17) is 7.73 Å². The summed E-state index contributed by atoms with van der Waals surface area (Å²) in [7, 11) is -1.69. The smallest absolute Gasteiger partial charge is 0.0799 e. The number of rotatable bonds is 4. The first-order chi connectivity index (χ1) is 12.2. The first-order valence-corrected chi connectivity index (χ1v) is 12.8. The van der Waals surface area contributed by atoms with E-state index in [-0.39, 0.29) is 5.92 Å². The molecule has 0 amide bonds. The molecule has 1 aliphatic carbocycles. The Labute approximate surface area is 151 Å². The van der Waals surface area contributed by atoms with E-state index in [1.54, 1.807) is 0 Å². The van der Waals surface area contributed by atoms with Crippen LogP contribution in [-0.2, 0) is 6.37 Å². The van der Waals surface area contributed by atoms with Crippen LogP contribution in [0.5, 0.6) is 0 Å². The zero-order valence-corrected chi connectivity index (χ0v) is 16.5. The molecule has 1 nitrogen and oxygen atoms in total. The average molecular weight is 340 g/mol. The third-order valence-electron chi connectivity index (χ3n) is 4.99. The molecule has 2 heteroatoms. The third-order valence-corrected chi connectivity index (χ3v) is 7.01. The van der Waals surface area contributed by atoms with Gasteiger partial charge in [0.05, 0.1) is 13.8 Å². The van der Waals surface area contributed by atoms with Crippen molar-refractivity contribution in [1.82, 2.24) is 4.98 Å². The van der Waals surface area contributed by atoms with E-state index in [0.29, 0.717) is 0 Å². The third kappa shape index (κ3) is 4.16.